The predicted molar refractivity (Wildman–Crippen MR) is 124 cm³/mol. The molecule has 3 fully saturated rings. The smallest absolute Gasteiger partial charge is 0.287 e. The topological polar surface area (TPSA) is 80.5 Å². The molecule has 0 unspecified atom stereocenters. The number of halogens is 4. The molecule has 1 amide bonds. The third-order valence-electron chi connectivity index (χ3n) is 7.78. The molecule has 0 spiro atoms. The quantitative estimate of drug-likeness (QED) is 0.438. The largest absolute Gasteiger partial charge is 0.484 e. The molecule has 7 nitrogen and oxygen atoms in total. The number of carbonyl (C=O) groups is 1. The van der Waals surface area contributed by atoms with Crippen molar-refractivity contribution in [2.75, 3.05) is 20.7 Å². The van der Waals surface area contributed by atoms with E-state index in [1.165, 1.54) is 4.90 Å². The Balaban J connectivity index is 1.37. The molecule has 3 aliphatic carbocycles. The third kappa shape index (κ3) is 3.87. The Morgan fingerprint density at radius 3 is 2.38 bits per heavy atom. The molecule has 3 aromatic rings. The summed E-state index contributed by atoms with van der Waals surface area (Å²) in [7, 11) is 3.25. The van der Waals surface area contributed by atoms with Gasteiger partial charge in [0.15, 0.2) is 12.2 Å². The lowest BCUT2D eigenvalue weighted by molar-refractivity contribution is -0.347. The molecule has 2 bridgehead atoms. The van der Waals surface area contributed by atoms with Crippen LogP contribution in [0.25, 0.3) is 0 Å². The highest BCUT2D eigenvalue weighted by Crippen LogP contribution is 2.80. The van der Waals surface area contributed by atoms with Crippen LogP contribution in [0.5, 0.6) is 5.75 Å². The minimum atomic E-state index is -3.76. The van der Waals surface area contributed by atoms with E-state index in [2.05, 4.69) is 10.1 Å². The first-order chi connectivity index (χ1) is 17.4. The van der Waals surface area contributed by atoms with Gasteiger partial charge in [-0.25, -0.2) is 27.2 Å². The van der Waals surface area contributed by atoms with Crippen LogP contribution < -0.4 is 4.74 Å². The molecule has 1 N–H and O–H groups in total. The first kappa shape index (κ1) is 25.2. The van der Waals surface area contributed by atoms with Crippen LogP contribution in [0.15, 0.2) is 55.1 Å². The lowest BCUT2D eigenvalue weighted by atomic mass is 9.30. The fraction of sp³-hybridized carbons (Fsp3) is 0.423. The zero-order valence-electron chi connectivity index (χ0n) is 20.3. The molecular formula is C26H26F4N4O3. The van der Waals surface area contributed by atoms with Crippen molar-refractivity contribution in [2.45, 2.75) is 42.7 Å². The monoisotopic (exact) mass is 518 g/mol. The van der Waals surface area contributed by atoms with Crippen molar-refractivity contribution >= 4 is 5.91 Å². The number of hydrogen-bond donors (Lipinski definition) is 1. The molecule has 0 aliphatic heterocycles. The number of alkyl halides is 2. The highest BCUT2D eigenvalue weighted by molar-refractivity contribution is 5.77. The number of hydrogen-bond acceptors (Lipinski definition) is 5. The summed E-state index contributed by atoms with van der Waals surface area (Å²) in [6.45, 7) is -0.869. The number of likely N-dealkylation sites (N-methyl/N-ethyl adjacent to an activating group) is 1. The van der Waals surface area contributed by atoms with E-state index in [9.17, 15) is 18.7 Å². The standard InChI is InChI=1S/C26H26F4N4O3/c1-33(2)22(35)10-37-19-6-3-17(4-7-19)23-11-24(12-23,13-23)26(29,30)25(36,14-34-16-31-15-32-34)20-8-5-18(27)9-21(20)28/h3-9,15-16,36H,10-14H2,1-2H3/t23?,24?,25-/m0/s1. The second-order valence-electron chi connectivity index (χ2n) is 10.3. The van der Waals surface area contributed by atoms with Gasteiger partial charge in [-0.05, 0) is 54.5 Å². The molecule has 0 saturated heterocycles. The normalized spacial score (nSPS) is 24.0. The maximum absolute atomic E-state index is 16.3. The van der Waals surface area contributed by atoms with Crippen molar-refractivity contribution in [3.05, 3.63) is 77.9 Å². The fourth-order valence-electron chi connectivity index (χ4n) is 5.77. The number of ether oxygens (including phenoxy) is 1. The fourth-order valence-corrected chi connectivity index (χ4v) is 5.77. The highest BCUT2D eigenvalue weighted by atomic mass is 19.3. The van der Waals surface area contributed by atoms with Crippen LogP contribution in [0.2, 0.25) is 0 Å². The van der Waals surface area contributed by atoms with Gasteiger partial charge in [0.1, 0.15) is 30.0 Å². The van der Waals surface area contributed by atoms with E-state index >= 15 is 8.78 Å². The third-order valence-corrected chi connectivity index (χ3v) is 7.78. The van der Waals surface area contributed by atoms with Crippen molar-refractivity contribution < 1.29 is 32.2 Å². The molecule has 11 heteroatoms. The molecule has 3 saturated carbocycles. The second-order valence-corrected chi connectivity index (χ2v) is 10.3. The van der Waals surface area contributed by atoms with Gasteiger partial charge in [0.2, 0.25) is 0 Å². The summed E-state index contributed by atoms with van der Waals surface area (Å²) in [6.07, 6.45) is 2.56. The first-order valence-electron chi connectivity index (χ1n) is 11.7. The zero-order chi connectivity index (χ0) is 26.6. The van der Waals surface area contributed by atoms with Gasteiger partial charge < -0.3 is 14.7 Å². The van der Waals surface area contributed by atoms with Crippen LogP contribution >= 0.6 is 0 Å². The summed E-state index contributed by atoms with van der Waals surface area (Å²) < 4.78 is 67.3. The summed E-state index contributed by atoms with van der Waals surface area (Å²) in [5.41, 5.74) is -4.87. The number of aromatic nitrogens is 3. The van der Waals surface area contributed by atoms with Gasteiger partial charge >= 0.3 is 0 Å². The van der Waals surface area contributed by atoms with Gasteiger partial charge in [0.05, 0.1) is 6.54 Å². The predicted octanol–water partition coefficient (Wildman–Crippen LogP) is 3.67. The lowest BCUT2D eigenvalue weighted by Gasteiger charge is -2.74. The van der Waals surface area contributed by atoms with Crippen molar-refractivity contribution in [3.63, 3.8) is 0 Å². The van der Waals surface area contributed by atoms with Gasteiger partial charge in [-0.1, -0.05) is 12.1 Å². The Morgan fingerprint density at radius 2 is 1.81 bits per heavy atom. The second kappa shape index (κ2) is 8.54. The van der Waals surface area contributed by atoms with Crippen molar-refractivity contribution in [3.8, 4) is 5.75 Å². The Morgan fingerprint density at radius 1 is 1.14 bits per heavy atom. The number of rotatable bonds is 9. The number of amides is 1. The van der Waals surface area contributed by atoms with Gasteiger partial charge in [-0.3, -0.25) is 4.79 Å². The molecule has 1 atom stereocenters. The van der Waals surface area contributed by atoms with E-state index in [1.807, 2.05) is 0 Å². The van der Waals surface area contributed by atoms with E-state index < -0.39 is 46.1 Å². The van der Waals surface area contributed by atoms with Crippen molar-refractivity contribution in [2.24, 2.45) is 5.41 Å². The van der Waals surface area contributed by atoms with E-state index in [1.54, 1.807) is 38.4 Å². The van der Waals surface area contributed by atoms with Gasteiger partial charge in [0.25, 0.3) is 11.8 Å². The van der Waals surface area contributed by atoms with Crippen LogP contribution in [0.3, 0.4) is 0 Å². The van der Waals surface area contributed by atoms with Crippen LogP contribution in [0.4, 0.5) is 17.6 Å². The molecule has 3 aliphatic rings. The SMILES string of the molecule is CN(C)C(=O)COc1ccc(C23CC(C(F)(F)[C@](O)(Cn4cncn4)c4ccc(F)cc4F)(C2)C3)cc1. The minimum Gasteiger partial charge on any atom is -0.484 e. The summed E-state index contributed by atoms with van der Waals surface area (Å²) >= 11 is 0. The van der Waals surface area contributed by atoms with Gasteiger partial charge in [-0.2, -0.15) is 5.10 Å². The maximum Gasteiger partial charge on any atom is 0.287 e. The van der Waals surface area contributed by atoms with Crippen molar-refractivity contribution in [1.82, 2.24) is 19.7 Å². The van der Waals surface area contributed by atoms with Gasteiger partial charge in [0, 0.05) is 31.1 Å². The van der Waals surface area contributed by atoms with Crippen LogP contribution in [-0.2, 0) is 22.4 Å². The Hall–Kier alpha value is -3.47. The molecule has 1 heterocycles. The zero-order valence-corrected chi connectivity index (χ0v) is 20.3. The van der Waals surface area contributed by atoms with Crippen molar-refractivity contribution in [1.29, 1.82) is 0 Å². The Kier molecular flexibility index (Phi) is 5.82. The van der Waals surface area contributed by atoms with Crippen LogP contribution in [-0.4, -0.2) is 57.3 Å². The number of benzene rings is 2. The lowest BCUT2D eigenvalue weighted by Crippen LogP contribution is -2.76. The highest BCUT2D eigenvalue weighted by Gasteiger charge is 2.82. The Labute approximate surface area is 210 Å². The molecule has 0 radical (unpaired) electrons. The number of aliphatic hydroxyl groups is 1. The Bertz CT molecular complexity index is 1290. The van der Waals surface area contributed by atoms with Crippen LogP contribution in [0, 0.1) is 17.0 Å². The number of carbonyl (C=O) groups excluding carboxylic acids is 1. The molecular weight excluding hydrogens is 492 g/mol. The van der Waals surface area contributed by atoms with E-state index in [0.29, 0.717) is 11.8 Å². The molecule has 6 rings (SSSR count). The summed E-state index contributed by atoms with van der Waals surface area (Å²) in [5.74, 6) is -5.66. The van der Waals surface area contributed by atoms with Crippen LogP contribution in [0.1, 0.15) is 30.4 Å². The average molecular weight is 519 g/mol. The average Bonchev–Trinajstić information content (AvgIpc) is 3.28. The van der Waals surface area contributed by atoms with E-state index in [4.69, 9.17) is 4.74 Å². The summed E-state index contributed by atoms with van der Waals surface area (Å²) in [5, 5.41) is 15.3. The molecule has 2 aromatic carbocycles. The summed E-state index contributed by atoms with van der Waals surface area (Å²) in [4.78, 5) is 16.9. The van der Waals surface area contributed by atoms with E-state index in [0.717, 1.165) is 35.0 Å². The summed E-state index contributed by atoms with van der Waals surface area (Å²) in [6, 6.07) is 9.15. The van der Waals surface area contributed by atoms with Gasteiger partial charge in [-0.15, -0.1) is 0 Å². The maximum atomic E-state index is 16.3. The molecule has 1 aromatic heterocycles. The number of nitrogens with zero attached hydrogens (tertiary/aromatic N) is 4. The van der Waals surface area contributed by atoms with E-state index in [-0.39, 0.29) is 31.8 Å². The minimum absolute atomic E-state index is 0.0921. The molecule has 196 valence electrons. The first-order valence-corrected chi connectivity index (χ1v) is 11.7. The molecule has 37 heavy (non-hydrogen) atoms.